The smallest absolute Gasteiger partial charge is 0.238 e. The van der Waals surface area contributed by atoms with Crippen LogP contribution in [-0.2, 0) is 0 Å². The van der Waals surface area contributed by atoms with E-state index in [9.17, 15) is 0 Å². The molecule has 2 aliphatic rings. The van der Waals surface area contributed by atoms with E-state index in [1.165, 1.54) is 28.3 Å². The topological polar surface area (TPSA) is 50.3 Å². The minimum Gasteiger partial charge on any atom is -0.311 e. The fourth-order valence-corrected chi connectivity index (χ4v) is 13.3. The molecule has 0 N–H and O–H groups in total. The lowest BCUT2D eigenvalue weighted by Gasteiger charge is -2.29. The standard InChI is InChI=1S/C77H54N8/c1-6-22-54(23-7-1)80(59-39-38-52-46-53(52)47-59)60-42-45-72-68(48-60)65-34-18-21-37-71(65)85(72)76-51-75(81(55-24-8-2-9-25-55)61-40-43-66-63-32-16-19-35-69(63)83(73(66)49-61)57-28-12-4-13-29-57)78-77(79-76)82(56-26-10-3-11-27-56)62-41-44-67-64-33-17-20-36-70(64)84(74(67)50-62)58-30-14-5-15-31-58/h1-45,47-53H,46H2. The van der Waals surface area contributed by atoms with Crippen molar-refractivity contribution in [3.8, 4) is 17.2 Å². The van der Waals surface area contributed by atoms with Crippen molar-refractivity contribution in [1.29, 1.82) is 0 Å². The highest BCUT2D eigenvalue weighted by Crippen LogP contribution is 2.48. The second kappa shape index (κ2) is 19.8. The van der Waals surface area contributed by atoms with Gasteiger partial charge in [0.05, 0.1) is 38.8 Å². The highest BCUT2D eigenvalue weighted by Gasteiger charge is 2.36. The molecule has 1 saturated carbocycles. The van der Waals surface area contributed by atoms with Crippen LogP contribution in [0.3, 0.4) is 0 Å². The van der Waals surface area contributed by atoms with E-state index < -0.39 is 0 Å². The fraction of sp³-hybridized carbons (Fsp3) is 0.0390. The van der Waals surface area contributed by atoms with Gasteiger partial charge in [0, 0.05) is 83.9 Å². The van der Waals surface area contributed by atoms with Crippen LogP contribution in [-0.4, -0.2) is 23.7 Å². The molecule has 0 aliphatic heterocycles. The number of nitrogens with zero attached hydrogens (tertiary/aromatic N) is 8. The first-order valence-electron chi connectivity index (χ1n) is 29.2. The van der Waals surface area contributed by atoms with Crippen molar-refractivity contribution in [1.82, 2.24) is 23.7 Å². The molecule has 17 rings (SSSR count). The Labute approximate surface area is 491 Å². The van der Waals surface area contributed by atoms with Crippen molar-refractivity contribution in [2.75, 3.05) is 14.7 Å². The van der Waals surface area contributed by atoms with Crippen molar-refractivity contribution in [2.24, 2.45) is 11.8 Å². The molecule has 402 valence electrons. The van der Waals surface area contributed by atoms with Crippen LogP contribution >= 0.6 is 0 Å². The van der Waals surface area contributed by atoms with Gasteiger partial charge in [0.1, 0.15) is 11.6 Å². The average Bonchev–Trinajstić information content (AvgIpc) is 3.34. The zero-order valence-corrected chi connectivity index (χ0v) is 46.3. The number of hydrogen-bond donors (Lipinski definition) is 0. The third-order valence-electron chi connectivity index (χ3n) is 17.2. The van der Waals surface area contributed by atoms with Gasteiger partial charge in [0.25, 0.3) is 0 Å². The molecule has 0 spiro atoms. The number of rotatable bonds is 12. The van der Waals surface area contributed by atoms with E-state index >= 15 is 0 Å². The first-order valence-corrected chi connectivity index (χ1v) is 29.2. The molecule has 2 unspecified atom stereocenters. The van der Waals surface area contributed by atoms with Crippen molar-refractivity contribution in [2.45, 2.75) is 6.42 Å². The second-order valence-electron chi connectivity index (χ2n) is 22.2. The van der Waals surface area contributed by atoms with Crippen molar-refractivity contribution >= 4 is 111 Å². The maximum atomic E-state index is 5.84. The second-order valence-corrected chi connectivity index (χ2v) is 22.2. The summed E-state index contributed by atoms with van der Waals surface area (Å²) in [4.78, 5) is 18.6. The van der Waals surface area contributed by atoms with Gasteiger partial charge in [0.15, 0.2) is 0 Å². The summed E-state index contributed by atoms with van der Waals surface area (Å²) in [5, 5.41) is 6.96. The summed E-state index contributed by atoms with van der Waals surface area (Å²) < 4.78 is 7.09. The lowest BCUT2D eigenvalue weighted by atomic mass is 10.1. The van der Waals surface area contributed by atoms with E-state index in [-0.39, 0.29) is 0 Å². The Kier molecular flexibility index (Phi) is 11.3. The molecule has 4 heterocycles. The van der Waals surface area contributed by atoms with Gasteiger partial charge in [-0.2, -0.15) is 9.97 Å². The van der Waals surface area contributed by atoms with Gasteiger partial charge in [-0.05, 0) is 146 Å². The quantitative estimate of drug-likeness (QED) is 0.122. The predicted octanol–water partition coefficient (Wildman–Crippen LogP) is 19.9. The lowest BCUT2D eigenvalue weighted by molar-refractivity contribution is 0.951. The number of benzene rings is 11. The Morgan fingerprint density at radius 3 is 1.28 bits per heavy atom. The lowest BCUT2D eigenvalue weighted by Crippen LogP contribution is -2.19. The van der Waals surface area contributed by atoms with Crippen LogP contribution in [0.25, 0.3) is 82.6 Å². The van der Waals surface area contributed by atoms with E-state index in [0.717, 1.165) is 101 Å². The minimum atomic E-state index is 0.507. The summed E-state index contributed by atoms with van der Waals surface area (Å²) in [7, 11) is 0. The first kappa shape index (κ1) is 48.5. The first-order chi connectivity index (χ1) is 42.2. The summed E-state index contributed by atoms with van der Waals surface area (Å²) in [5.41, 5.74) is 15.9. The SMILES string of the molecule is C1=CC2CC2C=C1N(c1ccccc1)c1ccc2c(c1)c1ccccc1n2-c1cc(N(c2ccccc2)c2ccc3c4ccccc4n(-c4ccccc4)c3c2)nc(N(c2ccccc2)c2ccc3c4ccccc4n(-c4ccccc4)c3c2)n1. The predicted molar refractivity (Wildman–Crippen MR) is 352 cm³/mol. The average molecular weight is 1090 g/mol. The molecule has 85 heavy (non-hydrogen) atoms. The summed E-state index contributed by atoms with van der Waals surface area (Å²) in [6.45, 7) is 0. The Morgan fingerprint density at radius 1 is 0.306 bits per heavy atom. The summed E-state index contributed by atoms with van der Waals surface area (Å²) >= 11 is 0. The van der Waals surface area contributed by atoms with E-state index in [4.69, 9.17) is 9.97 Å². The molecule has 2 aliphatic carbocycles. The Bertz CT molecular complexity index is 4900. The molecular formula is C77H54N8. The van der Waals surface area contributed by atoms with Gasteiger partial charge in [-0.3, -0.25) is 14.4 Å². The molecule has 11 aromatic carbocycles. The molecule has 1 fully saturated rings. The third kappa shape index (κ3) is 8.13. The monoisotopic (exact) mass is 1090 g/mol. The molecule has 2 atom stereocenters. The summed E-state index contributed by atoms with van der Waals surface area (Å²) in [5.74, 6) is 3.15. The molecule has 0 amide bonds. The number of allylic oxidation sites excluding steroid dienone is 3. The number of fused-ring (bicyclic) bond motifs is 10. The van der Waals surface area contributed by atoms with E-state index in [1.54, 1.807) is 0 Å². The maximum Gasteiger partial charge on any atom is 0.238 e. The van der Waals surface area contributed by atoms with Gasteiger partial charge in [0.2, 0.25) is 5.95 Å². The van der Waals surface area contributed by atoms with Gasteiger partial charge in [-0.25, -0.2) is 0 Å². The molecule has 8 heteroatoms. The van der Waals surface area contributed by atoms with Gasteiger partial charge < -0.3 is 14.0 Å². The van der Waals surface area contributed by atoms with Crippen LogP contribution < -0.4 is 14.7 Å². The van der Waals surface area contributed by atoms with E-state index in [0.29, 0.717) is 23.6 Å². The maximum absolute atomic E-state index is 5.84. The molecule has 8 nitrogen and oxygen atoms in total. The molecule has 4 aromatic heterocycles. The molecular weight excluding hydrogens is 1040 g/mol. The third-order valence-corrected chi connectivity index (χ3v) is 17.2. The zero-order chi connectivity index (χ0) is 56.0. The van der Waals surface area contributed by atoms with E-state index in [2.05, 4.69) is 332 Å². The van der Waals surface area contributed by atoms with Crippen molar-refractivity contribution < 1.29 is 0 Å². The zero-order valence-electron chi connectivity index (χ0n) is 46.3. The molecule has 15 aromatic rings. The Hall–Kier alpha value is -11.2. The number of aromatic nitrogens is 5. The van der Waals surface area contributed by atoms with Crippen LogP contribution in [0.1, 0.15) is 6.42 Å². The largest absolute Gasteiger partial charge is 0.311 e. The van der Waals surface area contributed by atoms with Gasteiger partial charge >= 0.3 is 0 Å². The van der Waals surface area contributed by atoms with Crippen molar-refractivity contribution in [3.63, 3.8) is 0 Å². The minimum absolute atomic E-state index is 0.507. The summed E-state index contributed by atoms with van der Waals surface area (Å²) in [6.07, 6.45) is 8.38. The van der Waals surface area contributed by atoms with E-state index in [1.807, 2.05) is 0 Å². The van der Waals surface area contributed by atoms with Crippen LogP contribution in [0.5, 0.6) is 0 Å². The highest BCUT2D eigenvalue weighted by molar-refractivity contribution is 6.13. The normalized spacial score (nSPS) is 14.6. The fourth-order valence-electron chi connectivity index (χ4n) is 13.3. The summed E-state index contributed by atoms with van der Waals surface area (Å²) in [6, 6.07) is 102. The van der Waals surface area contributed by atoms with Crippen molar-refractivity contribution in [3.05, 3.63) is 309 Å². The number of anilines is 8. The van der Waals surface area contributed by atoms with Crippen LogP contribution in [0.15, 0.2) is 309 Å². The number of hydrogen-bond acceptors (Lipinski definition) is 5. The van der Waals surface area contributed by atoms with Crippen LogP contribution in [0.4, 0.5) is 45.9 Å². The molecule has 0 radical (unpaired) electrons. The van der Waals surface area contributed by atoms with Crippen LogP contribution in [0, 0.1) is 11.8 Å². The van der Waals surface area contributed by atoms with Crippen LogP contribution in [0.2, 0.25) is 0 Å². The van der Waals surface area contributed by atoms with Gasteiger partial charge in [-0.15, -0.1) is 0 Å². The Morgan fingerprint density at radius 2 is 0.729 bits per heavy atom. The molecule has 0 saturated heterocycles. The Balaban J connectivity index is 0.935. The van der Waals surface area contributed by atoms with Gasteiger partial charge in [-0.1, -0.05) is 170 Å². The highest BCUT2D eigenvalue weighted by atomic mass is 15.3. The number of para-hydroxylation sites is 8. The molecule has 0 bridgehead atoms.